The molecule has 0 saturated carbocycles. The van der Waals surface area contributed by atoms with E-state index in [4.69, 9.17) is 6.42 Å². The van der Waals surface area contributed by atoms with Crippen molar-refractivity contribution in [1.82, 2.24) is 4.98 Å². The lowest BCUT2D eigenvalue weighted by molar-refractivity contribution is 0.582. The lowest BCUT2D eigenvalue weighted by atomic mass is 10.2. The van der Waals surface area contributed by atoms with Gasteiger partial charge in [0.1, 0.15) is 0 Å². The third-order valence-corrected chi connectivity index (χ3v) is 1.35. The fourth-order valence-corrected chi connectivity index (χ4v) is 0.771. The Bertz CT molecular complexity index is 258. The summed E-state index contributed by atoms with van der Waals surface area (Å²) < 4.78 is 12.3. The molecule has 1 rings (SSSR count). The van der Waals surface area contributed by atoms with Crippen LogP contribution in [0.15, 0.2) is 18.3 Å². The number of aromatic nitrogens is 1. The van der Waals surface area contributed by atoms with Crippen molar-refractivity contribution in [3.63, 3.8) is 0 Å². The average molecular weight is 149 g/mol. The summed E-state index contributed by atoms with van der Waals surface area (Å²) in [6, 6.07) is 3.03. The molecule has 2 heteroatoms. The van der Waals surface area contributed by atoms with E-state index in [0.717, 1.165) is 12.0 Å². The molecule has 0 unspecified atom stereocenters. The van der Waals surface area contributed by atoms with E-state index in [1.807, 2.05) is 0 Å². The second-order valence-electron chi connectivity index (χ2n) is 2.19. The highest BCUT2D eigenvalue weighted by Crippen LogP contribution is 2.01. The molecule has 56 valence electrons. The quantitative estimate of drug-likeness (QED) is 0.461. The molecule has 0 aliphatic heterocycles. The molecule has 0 N–H and O–H groups in total. The Morgan fingerprint density at radius 2 is 2.36 bits per heavy atom. The van der Waals surface area contributed by atoms with Gasteiger partial charge in [-0.05, 0) is 18.1 Å². The van der Waals surface area contributed by atoms with Crippen LogP contribution < -0.4 is 0 Å². The fourth-order valence-electron chi connectivity index (χ4n) is 0.771. The Morgan fingerprint density at radius 1 is 1.55 bits per heavy atom. The Morgan fingerprint density at radius 3 is 2.91 bits per heavy atom. The highest BCUT2D eigenvalue weighted by atomic mass is 19.1. The Labute approximate surface area is 65.3 Å². The number of rotatable bonds is 2. The van der Waals surface area contributed by atoms with Gasteiger partial charge in [0, 0.05) is 12.6 Å². The first kappa shape index (κ1) is 7.74. The summed E-state index contributed by atoms with van der Waals surface area (Å²) in [6.45, 7) is 0. The molecule has 0 spiro atoms. The highest BCUT2D eigenvalue weighted by Gasteiger charge is 1.92. The van der Waals surface area contributed by atoms with Crippen molar-refractivity contribution in [1.29, 1.82) is 0 Å². The van der Waals surface area contributed by atoms with Gasteiger partial charge in [0.15, 0.2) is 0 Å². The number of aryl methyl sites for hydroxylation is 1. The minimum atomic E-state index is -0.450. The van der Waals surface area contributed by atoms with Gasteiger partial charge in [0.25, 0.3) is 0 Å². The molecular formula is C9H8FN. The van der Waals surface area contributed by atoms with Crippen LogP contribution in [-0.2, 0) is 6.42 Å². The maximum Gasteiger partial charge on any atom is 0.212 e. The normalized spacial score (nSPS) is 9.09. The van der Waals surface area contributed by atoms with Crippen LogP contribution >= 0.6 is 0 Å². The van der Waals surface area contributed by atoms with Crippen molar-refractivity contribution in [3.8, 4) is 12.3 Å². The van der Waals surface area contributed by atoms with Crippen LogP contribution in [0.25, 0.3) is 0 Å². The molecule has 0 aromatic carbocycles. The van der Waals surface area contributed by atoms with Crippen molar-refractivity contribution >= 4 is 0 Å². The van der Waals surface area contributed by atoms with Crippen molar-refractivity contribution in [2.45, 2.75) is 12.8 Å². The van der Waals surface area contributed by atoms with Crippen LogP contribution in [0.5, 0.6) is 0 Å². The minimum absolute atomic E-state index is 0.450. The summed E-state index contributed by atoms with van der Waals surface area (Å²) in [6.07, 6.45) is 8.01. The molecule has 0 atom stereocenters. The monoisotopic (exact) mass is 149 g/mol. The SMILES string of the molecule is C#CCCc1ccc(F)nc1. The van der Waals surface area contributed by atoms with E-state index in [-0.39, 0.29) is 0 Å². The van der Waals surface area contributed by atoms with E-state index in [0.29, 0.717) is 6.42 Å². The maximum absolute atomic E-state index is 12.3. The van der Waals surface area contributed by atoms with Gasteiger partial charge in [-0.25, -0.2) is 4.98 Å². The predicted molar refractivity (Wildman–Crippen MR) is 41.3 cm³/mol. The number of terminal acetylenes is 1. The molecule has 0 saturated heterocycles. The fraction of sp³-hybridized carbons (Fsp3) is 0.222. The first-order valence-corrected chi connectivity index (χ1v) is 3.37. The Hall–Kier alpha value is -1.36. The lowest BCUT2D eigenvalue weighted by Gasteiger charge is -1.94. The molecule has 1 heterocycles. The molecular weight excluding hydrogens is 141 g/mol. The Kier molecular flexibility index (Phi) is 2.62. The largest absolute Gasteiger partial charge is 0.228 e. The second kappa shape index (κ2) is 3.72. The summed E-state index contributed by atoms with van der Waals surface area (Å²) in [5.74, 6) is 2.06. The van der Waals surface area contributed by atoms with E-state index >= 15 is 0 Å². The lowest BCUT2D eigenvalue weighted by Crippen LogP contribution is -1.87. The molecule has 1 aromatic rings. The number of nitrogens with zero attached hydrogens (tertiary/aromatic N) is 1. The van der Waals surface area contributed by atoms with Gasteiger partial charge in [-0.15, -0.1) is 12.3 Å². The number of hydrogen-bond donors (Lipinski definition) is 0. The predicted octanol–water partition coefficient (Wildman–Crippen LogP) is 1.79. The molecule has 11 heavy (non-hydrogen) atoms. The molecule has 0 radical (unpaired) electrons. The molecule has 0 bridgehead atoms. The average Bonchev–Trinajstić information content (AvgIpc) is 2.04. The zero-order valence-corrected chi connectivity index (χ0v) is 6.05. The van der Waals surface area contributed by atoms with E-state index in [1.165, 1.54) is 12.3 Å². The van der Waals surface area contributed by atoms with E-state index in [2.05, 4.69) is 10.9 Å². The van der Waals surface area contributed by atoms with Gasteiger partial charge in [-0.1, -0.05) is 6.07 Å². The Balaban J connectivity index is 2.60. The summed E-state index contributed by atoms with van der Waals surface area (Å²) in [5.41, 5.74) is 0.976. The molecule has 0 aliphatic carbocycles. The van der Waals surface area contributed by atoms with Crippen LogP contribution in [-0.4, -0.2) is 4.98 Å². The first-order valence-electron chi connectivity index (χ1n) is 3.37. The summed E-state index contributed by atoms with van der Waals surface area (Å²) in [5, 5.41) is 0. The molecule has 0 amide bonds. The minimum Gasteiger partial charge on any atom is -0.228 e. The van der Waals surface area contributed by atoms with E-state index in [9.17, 15) is 4.39 Å². The van der Waals surface area contributed by atoms with Crippen LogP contribution in [0.1, 0.15) is 12.0 Å². The van der Waals surface area contributed by atoms with Gasteiger partial charge in [-0.3, -0.25) is 0 Å². The molecule has 0 aliphatic rings. The van der Waals surface area contributed by atoms with Crippen LogP contribution in [0.3, 0.4) is 0 Å². The van der Waals surface area contributed by atoms with Crippen LogP contribution in [0.4, 0.5) is 4.39 Å². The van der Waals surface area contributed by atoms with Gasteiger partial charge < -0.3 is 0 Å². The smallest absolute Gasteiger partial charge is 0.212 e. The number of pyridine rings is 1. The third-order valence-electron chi connectivity index (χ3n) is 1.35. The number of halogens is 1. The number of hydrogen-bond acceptors (Lipinski definition) is 1. The molecule has 1 nitrogen and oxygen atoms in total. The third kappa shape index (κ3) is 2.38. The van der Waals surface area contributed by atoms with Crippen molar-refractivity contribution < 1.29 is 4.39 Å². The molecule has 1 aromatic heterocycles. The standard InChI is InChI=1S/C9H8FN/c1-2-3-4-8-5-6-9(10)11-7-8/h1,5-7H,3-4H2. The topological polar surface area (TPSA) is 12.9 Å². The van der Waals surface area contributed by atoms with Gasteiger partial charge in [0.2, 0.25) is 5.95 Å². The van der Waals surface area contributed by atoms with Crippen molar-refractivity contribution in [3.05, 3.63) is 29.8 Å². The van der Waals surface area contributed by atoms with Crippen molar-refractivity contribution in [2.75, 3.05) is 0 Å². The summed E-state index contributed by atoms with van der Waals surface area (Å²) in [4.78, 5) is 3.50. The second-order valence-corrected chi connectivity index (χ2v) is 2.19. The van der Waals surface area contributed by atoms with Gasteiger partial charge >= 0.3 is 0 Å². The van der Waals surface area contributed by atoms with E-state index in [1.54, 1.807) is 6.07 Å². The van der Waals surface area contributed by atoms with Gasteiger partial charge in [0.05, 0.1) is 0 Å². The van der Waals surface area contributed by atoms with Crippen LogP contribution in [0.2, 0.25) is 0 Å². The zero-order valence-electron chi connectivity index (χ0n) is 6.05. The molecule has 0 fully saturated rings. The summed E-state index contributed by atoms with van der Waals surface area (Å²) in [7, 11) is 0. The maximum atomic E-state index is 12.3. The van der Waals surface area contributed by atoms with Gasteiger partial charge in [-0.2, -0.15) is 4.39 Å². The van der Waals surface area contributed by atoms with Crippen molar-refractivity contribution in [2.24, 2.45) is 0 Å². The summed E-state index contributed by atoms with van der Waals surface area (Å²) >= 11 is 0. The first-order chi connectivity index (χ1) is 5.33. The highest BCUT2D eigenvalue weighted by molar-refractivity contribution is 5.10. The van der Waals surface area contributed by atoms with Crippen LogP contribution in [0, 0.1) is 18.3 Å². The van der Waals surface area contributed by atoms with E-state index < -0.39 is 5.95 Å². The zero-order chi connectivity index (χ0) is 8.10.